The summed E-state index contributed by atoms with van der Waals surface area (Å²) >= 11 is 0. The monoisotopic (exact) mass is 254 g/mol. The Morgan fingerprint density at radius 2 is 1.94 bits per heavy atom. The fourth-order valence-corrected chi connectivity index (χ4v) is 3.85. The van der Waals surface area contributed by atoms with Crippen molar-refractivity contribution in [1.29, 1.82) is 0 Å². The number of hydrogen-bond donors (Lipinski definition) is 1. The molecule has 18 heavy (non-hydrogen) atoms. The molecule has 4 unspecified atom stereocenters. The Balaban J connectivity index is 2.01. The van der Waals surface area contributed by atoms with E-state index in [0.717, 1.165) is 38.7 Å². The average molecular weight is 254 g/mol. The minimum Gasteiger partial charge on any atom is -0.481 e. The number of ether oxygens (including phenoxy) is 1. The highest BCUT2D eigenvalue weighted by Crippen LogP contribution is 2.45. The first kappa shape index (κ1) is 13.9. The fourth-order valence-electron chi connectivity index (χ4n) is 3.85. The molecule has 0 amide bonds. The van der Waals surface area contributed by atoms with Gasteiger partial charge in [0.15, 0.2) is 0 Å². The first-order valence-electron chi connectivity index (χ1n) is 7.58. The highest BCUT2D eigenvalue weighted by Gasteiger charge is 2.44. The molecule has 3 nitrogen and oxygen atoms in total. The Morgan fingerprint density at radius 3 is 2.61 bits per heavy atom. The van der Waals surface area contributed by atoms with Crippen LogP contribution in [0.15, 0.2) is 0 Å². The molecule has 0 saturated heterocycles. The van der Waals surface area contributed by atoms with Crippen molar-refractivity contribution < 1.29 is 14.6 Å². The molecule has 2 fully saturated rings. The molecule has 0 heterocycles. The molecule has 0 aliphatic heterocycles. The normalized spacial score (nSPS) is 36.1. The molecular weight excluding hydrogens is 228 g/mol. The molecule has 3 heteroatoms. The molecule has 0 spiro atoms. The quantitative estimate of drug-likeness (QED) is 0.764. The Morgan fingerprint density at radius 1 is 1.22 bits per heavy atom. The van der Waals surface area contributed by atoms with Gasteiger partial charge in [0.2, 0.25) is 0 Å². The van der Waals surface area contributed by atoms with Crippen LogP contribution in [0.5, 0.6) is 0 Å². The number of aliphatic carboxylic acids is 1. The van der Waals surface area contributed by atoms with Gasteiger partial charge < -0.3 is 9.84 Å². The second kappa shape index (κ2) is 6.55. The first-order chi connectivity index (χ1) is 8.74. The average Bonchev–Trinajstić information content (AvgIpc) is 2.38. The summed E-state index contributed by atoms with van der Waals surface area (Å²) in [6.07, 6.45) is 9.07. The molecule has 0 aromatic heterocycles. The van der Waals surface area contributed by atoms with Gasteiger partial charge in [0, 0.05) is 12.5 Å². The summed E-state index contributed by atoms with van der Waals surface area (Å²) in [7, 11) is 0. The van der Waals surface area contributed by atoms with Crippen LogP contribution in [0, 0.1) is 17.8 Å². The summed E-state index contributed by atoms with van der Waals surface area (Å²) in [6.45, 7) is 2.96. The predicted octanol–water partition coefficient (Wildman–Crippen LogP) is 3.47. The summed E-state index contributed by atoms with van der Waals surface area (Å²) in [5.41, 5.74) is 0. The second-order valence-electron chi connectivity index (χ2n) is 5.91. The van der Waals surface area contributed by atoms with E-state index in [2.05, 4.69) is 6.92 Å². The maximum Gasteiger partial charge on any atom is 0.306 e. The van der Waals surface area contributed by atoms with Crippen molar-refractivity contribution in [2.75, 3.05) is 6.61 Å². The van der Waals surface area contributed by atoms with Crippen LogP contribution in [0.4, 0.5) is 0 Å². The molecule has 0 radical (unpaired) electrons. The summed E-state index contributed by atoms with van der Waals surface area (Å²) < 4.78 is 6.01. The molecule has 0 aromatic carbocycles. The number of unbranched alkanes of at least 4 members (excludes halogenated alkanes) is 1. The van der Waals surface area contributed by atoms with E-state index >= 15 is 0 Å². The smallest absolute Gasteiger partial charge is 0.306 e. The van der Waals surface area contributed by atoms with Crippen LogP contribution >= 0.6 is 0 Å². The zero-order valence-electron chi connectivity index (χ0n) is 11.4. The maximum atomic E-state index is 11.4. The largest absolute Gasteiger partial charge is 0.481 e. The van der Waals surface area contributed by atoms with Crippen LogP contribution in [0.25, 0.3) is 0 Å². The van der Waals surface area contributed by atoms with Gasteiger partial charge in [-0.3, -0.25) is 4.79 Å². The number of carboxylic acid groups (broad SMARTS) is 1. The summed E-state index contributed by atoms with van der Waals surface area (Å²) in [5.74, 6) is 0.119. The molecule has 1 N–H and O–H groups in total. The number of rotatable bonds is 5. The van der Waals surface area contributed by atoms with Gasteiger partial charge in [-0.25, -0.2) is 0 Å². The van der Waals surface area contributed by atoms with Gasteiger partial charge in [-0.2, -0.15) is 0 Å². The Hall–Kier alpha value is -0.570. The summed E-state index contributed by atoms with van der Waals surface area (Å²) in [6, 6.07) is 0. The Kier molecular flexibility index (Phi) is 5.04. The van der Waals surface area contributed by atoms with E-state index in [1.54, 1.807) is 0 Å². The molecule has 104 valence electrons. The van der Waals surface area contributed by atoms with Crippen molar-refractivity contribution in [2.24, 2.45) is 17.8 Å². The van der Waals surface area contributed by atoms with Gasteiger partial charge in [0.1, 0.15) is 0 Å². The maximum absolute atomic E-state index is 11.4. The minimum atomic E-state index is -0.601. The van der Waals surface area contributed by atoms with Crippen LogP contribution < -0.4 is 0 Å². The number of carbonyl (C=O) groups is 1. The van der Waals surface area contributed by atoms with Crippen LogP contribution in [0.1, 0.15) is 58.3 Å². The van der Waals surface area contributed by atoms with E-state index in [4.69, 9.17) is 4.74 Å². The SMILES string of the molecule is CCCCOC1CCCC2CCCC(C(=O)O)C21. The van der Waals surface area contributed by atoms with Crippen molar-refractivity contribution >= 4 is 5.97 Å². The molecule has 2 saturated carbocycles. The third-order valence-electron chi connectivity index (χ3n) is 4.74. The van der Waals surface area contributed by atoms with Gasteiger partial charge in [-0.1, -0.05) is 32.6 Å². The lowest BCUT2D eigenvalue weighted by Crippen LogP contribution is -2.44. The lowest BCUT2D eigenvalue weighted by Gasteiger charge is -2.44. The third kappa shape index (κ3) is 3.05. The van der Waals surface area contributed by atoms with E-state index in [-0.39, 0.29) is 17.9 Å². The lowest BCUT2D eigenvalue weighted by atomic mass is 9.64. The van der Waals surface area contributed by atoms with Gasteiger partial charge in [-0.15, -0.1) is 0 Å². The van der Waals surface area contributed by atoms with Gasteiger partial charge in [0.05, 0.1) is 12.0 Å². The van der Waals surface area contributed by atoms with Crippen molar-refractivity contribution in [1.82, 2.24) is 0 Å². The van der Waals surface area contributed by atoms with Crippen molar-refractivity contribution in [2.45, 2.75) is 64.4 Å². The minimum absolute atomic E-state index is 0.157. The van der Waals surface area contributed by atoms with E-state index in [0.29, 0.717) is 5.92 Å². The molecule has 2 aliphatic rings. The fraction of sp³-hybridized carbons (Fsp3) is 0.933. The standard InChI is InChI=1S/C15H26O3/c1-2-3-10-18-13-9-5-7-11-6-4-8-12(14(11)13)15(16)17/h11-14H,2-10H2,1H3,(H,16,17). The second-order valence-corrected chi connectivity index (χ2v) is 5.91. The van der Waals surface area contributed by atoms with Crippen molar-refractivity contribution in [3.63, 3.8) is 0 Å². The van der Waals surface area contributed by atoms with Crippen molar-refractivity contribution in [3.05, 3.63) is 0 Å². The zero-order valence-corrected chi connectivity index (χ0v) is 11.4. The van der Waals surface area contributed by atoms with Crippen LogP contribution in [-0.2, 0) is 9.53 Å². The first-order valence-corrected chi connectivity index (χ1v) is 7.58. The molecule has 2 aliphatic carbocycles. The predicted molar refractivity (Wildman–Crippen MR) is 70.5 cm³/mol. The van der Waals surface area contributed by atoms with E-state index < -0.39 is 5.97 Å². The Bertz CT molecular complexity index is 275. The molecule has 0 aromatic rings. The highest BCUT2D eigenvalue weighted by molar-refractivity contribution is 5.70. The summed E-state index contributed by atoms with van der Waals surface area (Å²) in [4.78, 5) is 11.4. The summed E-state index contributed by atoms with van der Waals surface area (Å²) in [5, 5.41) is 9.41. The van der Waals surface area contributed by atoms with Gasteiger partial charge in [0.25, 0.3) is 0 Å². The highest BCUT2D eigenvalue weighted by atomic mass is 16.5. The molecule has 4 atom stereocenters. The van der Waals surface area contributed by atoms with Gasteiger partial charge in [-0.05, 0) is 31.6 Å². The van der Waals surface area contributed by atoms with E-state index in [1.165, 1.54) is 19.3 Å². The number of hydrogen-bond acceptors (Lipinski definition) is 2. The Labute approximate surface area is 110 Å². The van der Waals surface area contributed by atoms with E-state index in [1.807, 2.05) is 0 Å². The van der Waals surface area contributed by atoms with Gasteiger partial charge >= 0.3 is 5.97 Å². The number of carboxylic acids is 1. The third-order valence-corrected chi connectivity index (χ3v) is 4.74. The molecular formula is C15H26O3. The lowest BCUT2D eigenvalue weighted by molar-refractivity contribution is -0.153. The van der Waals surface area contributed by atoms with Crippen LogP contribution in [0.3, 0.4) is 0 Å². The topological polar surface area (TPSA) is 46.5 Å². The zero-order chi connectivity index (χ0) is 13.0. The van der Waals surface area contributed by atoms with E-state index in [9.17, 15) is 9.90 Å². The van der Waals surface area contributed by atoms with Crippen molar-refractivity contribution in [3.8, 4) is 0 Å². The molecule has 2 rings (SSSR count). The molecule has 0 bridgehead atoms. The van der Waals surface area contributed by atoms with Crippen LogP contribution in [0.2, 0.25) is 0 Å². The van der Waals surface area contributed by atoms with Crippen LogP contribution in [-0.4, -0.2) is 23.8 Å². The number of fused-ring (bicyclic) bond motifs is 1.